The molecular weight excluding hydrogens is 186 g/mol. The van der Waals surface area contributed by atoms with Crippen LogP contribution in [0.3, 0.4) is 0 Å². The predicted octanol–water partition coefficient (Wildman–Crippen LogP) is 2.87. The Bertz CT molecular complexity index is 500. The van der Waals surface area contributed by atoms with Gasteiger partial charge in [-0.15, -0.1) is 0 Å². The number of benzene rings is 1. The zero-order valence-corrected chi connectivity index (χ0v) is 8.05. The summed E-state index contributed by atoms with van der Waals surface area (Å²) < 4.78 is 5.67. The minimum absolute atomic E-state index is 0.205. The molecule has 2 aromatic rings. The number of ether oxygens (including phenoxy) is 1. The van der Waals surface area contributed by atoms with Gasteiger partial charge in [-0.05, 0) is 17.2 Å². The second kappa shape index (κ2) is 2.47. The van der Waals surface area contributed by atoms with Crippen molar-refractivity contribution in [2.45, 2.75) is 12.2 Å². The molecule has 2 unspecified atom stereocenters. The Morgan fingerprint density at radius 3 is 2.80 bits per heavy atom. The van der Waals surface area contributed by atoms with Crippen LogP contribution in [0.25, 0.3) is 11.1 Å². The number of rotatable bonds is 0. The van der Waals surface area contributed by atoms with Crippen molar-refractivity contribution in [1.82, 2.24) is 4.98 Å². The van der Waals surface area contributed by atoms with Crippen molar-refractivity contribution in [3.63, 3.8) is 0 Å². The lowest BCUT2D eigenvalue weighted by molar-refractivity contribution is 0.377. The Morgan fingerprint density at radius 2 is 1.80 bits per heavy atom. The molecule has 1 aromatic carbocycles. The molecule has 2 atom stereocenters. The number of epoxide rings is 1. The molecule has 1 aliphatic heterocycles. The van der Waals surface area contributed by atoms with Gasteiger partial charge in [-0.25, -0.2) is 0 Å². The molecule has 2 heterocycles. The average molecular weight is 195 g/mol. The van der Waals surface area contributed by atoms with E-state index in [-0.39, 0.29) is 12.2 Å². The van der Waals surface area contributed by atoms with Gasteiger partial charge in [0.05, 0.1) is 5.69 Å². The van der Waals surface area contributed by atoms with Crippen LogP contribution in [0.5, 0.6) is 0 Å². The van der Waals surface area contributed by atoms with Gasteiger partial charge in [0.2, 0.25) is 0 Å². The Balaban J connectivity index is 2.09. The molecule has 2 aliphatic rings. The fraction of sp³-hybridized carbons (Fsp3) is 0.154. The van der Waals surface area contributed by atoms with Gasteiger partial charge < -0.3 is 4.74 Å². The average Bonchev–Trinajstić information content (AvgIpc) is 3.10. The molecule has 1 fully saturated rings. The highest BCUT2D eigenvalue weighted by Crippen LogP contribution is 2.58. The molecule has 15 heavy (non-hydrogen) atoms. The van der Waals surface area contributed by atoms with Crippen LogP contribution < -0.4 is 0 Å². The van der Waals surface area contributed by atoms with Crippen molar-refractivity contribution in [3.8, 4) is 11.1 Å². The van der Waals surface area contributed by atoms with Crippen LogP contribution in [-0.4, -0.2) is 4.98 Å². The summed E-state index contributed by atoms with van der Waals surface area (Å²) in [5, 5.41) is 0. The van der Waals surface area contributed by atoms with Gasteiger partial charge in [-0.1, -0.05) is 30.3 Å². The highest BCUT2D eigenvalue weighted by molar-refractivity contribution is 5.74. The van der Waals surface area contributed by atoms with Gasteiger partial charge in [0.1, 0.15) is 12.2 Å². The van der Waals surface area contributed by atoms with Crippen molar-refractivity contribution < 1.29 is 4.74 Å². The molecular formula is C13H9NO. The molecule has 0 amide bonds. The van der Waals surface area contributed by atoms with E-state index in [1.807, 2.05) is 12.3 Å². The van der Waals surface area contributed by atoms with E-state index in [2.05, 4.69) is 35.3 Å². The smallest absolute Gasteiger partial charge is 0.131 e. The summed E-state index contributed by atoms with van der Waals surface area (Å²) >= 11 is 0. The maximum atomic E-state index is 5.67. The van der Waals surface area contributed by atoms with Gasteiger partial charge in [0, 0.05) is 11.8 Å². The van der Waals surface area contributed by atoms with Gasteiger partial charge >= 0.3 is 0 Å². The standard InChI is InChI=1S/C13H9NO/c1-2-5-10-8(4-1)9-6-3-7-14-11(9)13-12(10)15-13/h1-7,12-13H. The summed E-state index contributed by atoms with van der Waals surface area (Å²) in [6, 6.07) is 12.5. The zero-order valence-electron chi connectivity index (χ0n) is 8.05. The summed E-state index contributed by atoms with van der Waals surface area (Å²) in [4.78, 5) is 4.42. The van der Waals surface area contributed by atoms with Crippen LogP contribution in [0.2, 0.25) is 0 Å². The third-order valence-electron chi connectivity index (χ3n) is 3.16. The first-order chi connectivity index (χ1) is 7.45. The van der Waals surface area contributed by atoms with Crippen molar-refractivity contribution >= 4 is 0 Å². The summed E-state index contributed by atoms with van der Waals surface area (Å²) in [6.45, 7) is 0. The molecule has 1 aromatic heterocycles. The first-order valence-electron chi connectivity index (χ1n) is 5.15. The van der Waals surface area contributed by atoms with Gasteiger partial charge in [-0.2, -0.15) is 0 Å². The summed E-state index contributed by atoms with van der Waals surface area (Å²) in [7, 11) is 0. The number of pyridine rings is 1. The summed E-state index contributed by atoms with van der Waals surface area (Å²) in [5.41, 5.74) is 4.91. The number of aromatic nitrogens is 1. The first-order valence-corrected chi connectivity index (χ1v) is 5.15. The minimum atomic E-state index is 0.205. The van der Waals surface area contributed by atoms with Crippen LogP contribution in [0.1, 0.15) is 23.5 Å². The third-order valence-corrected chi connectivity index (χ3v) is 3.16. The van der Waals surface area contributed by atoms with E-state index in [4.69, 9.17) is 4.74 Å². The van der Waals surface area contributed by atoms with Crippen molar-refractivity contribution in [3.05, 3.63) is 53.9 Å². The van der Waals surface area contributed by atoms with E-state index in [9.17, 15) is 0 Å². The maximum absolute atomic E-state index is 5.67. The fourth-order valence-corrected chi connectivity index (χ4v) is 2.42. The number of fused-ring (bicyclic) bond motifs is 6. The molecule has 0 saturated carbocycles. The van der Waals surface area contributed by atoms with Gasteiger partial charge in [-0.3, -0.25) is 4.98 Å². The van der Waals surface area contributed by atoms with Crippen LogP contribution >= 0.6 is 0 Å². The monoisotopic (exact) mass is 195 g/mol. The van der Waals surface area contributed by atoms with E-state index in [0.717, 1.165) is 5.69 Å². The van der Waals surface area contributed by atoms with E-state index < -0.39 is 0 Å². The highest BCUT2D eigenvalue weighted by atomic mass is 16.6. The lowest BCUT2D eigenvalue weighted by Gasteiger charge is -2.14. The largest absolute Gasteiger partial charge is 0.358 e. The molecule has 0 spiro atoms. The lowest BCUT2D eigenvalue weighted by atomic mass is 9.89. The number of hydrogen-bond donors (Lipinski definition) is 0. The Kier molecular flexibility index (Phi) is 1.25. The van der Waals surface area contributed by atoms with E-state index in [1.165, 1.54) is 16.7 Å². The molecule has 2 nitrogen and oxygen atoms in total. The quantitative estimate of drug-likeness (QED) is 0.604. The van der Waals surface area contributed by atoms with Gasteiger partial charge in [0.25, 0.3) is 0 Å². The molecule has 1 saturated heterocycles. The SMILES string of the molecule is c1ccc2c(c1)-c1cccnc1C1OC21. The molecule has 0 radical (unpaired) electrons. The summed E-state index contributed by atoms with van der Waals surface area (Å²) in [6.07, 6.45) is 2.30. The lowest BCUT2D eigenvalue weighted by Crippen LogP contribution is -2.00. The predicted molar refractivity (Wildman–Crippen MR) is 56.2 cm³/mol. The molecule has 1 aliphatic carbocycles. The number of hydrogen-bond acceptors (Lipinski definition) is 2. The van der Waals surface area contributed by atoms with Crippen LogP contribution in [0.15, 0.2) is 42.6 Å². The fourth-order valence-electron chi connectivity index (χ4n) is 2.42. The first kappa shape index (κ1) is 7.60. The Hall–Kier alpha value is -1.67. The van der Waals surface area contributed by atoms with Crippen LogP contribution in [-0.2, 0) is 4.74 Å². The zero-order chi connectivity index (χ0) is 9.83. The van der Waals surface area contributed by atoms with Crippen LogP contribution in [0.4, 0.5) is 0 Å². The normalized spacial score (nSPS) is 25.1. The Morgan fingerprint density at radius 1 is 0.933 bits per heavy atom. The second-order valence-corrected chi connectivity index (χ2v) is 4.00. The van der Waals surface area contributed by atoms with Crippen molar-refractivity contribution in [1.29, 1.82) is 0 Å². The second-order valence-electron chi connectivity index (χ2n) is 4.00. The molecule has 2 heteroatoms. The number of nitrogens with zero attached hydrogens (tertiary/aromatic N) is 1. The maximum Gasteiger partial charge on any atom is 0.131 e. The van der Waals surface area contributed by atoms with Crippen LogP contribution in [0, 0.1) is 0 Å². The minimum Gasteiger partial charge on any atom is -0.358 e. The Labute approximate surface area is 87.5 Å². The van der Waals surface area contributed by atoms with E-state index in [1.54, 1.807) is 0 Å². The molecule has 0 N–H and O–H groups in total. The molecule has 72 valence electrons. The topological polar surface area (TPSA) is 25.4 Å². The summed E-state index contributed by atoms with van der Waals surface area (Å²) in [5.74, 6) is 0. The highest BCUT2D eigenvalue weighted by Gasteiger charge is 2.48. The van der Waals surface area contributed by atoms with Crippen molar-refractivity contribution in [2.75, 3.05) is 0 Å². The van der Waals surface area contributed by atoms with Gasteiger partial charge in [0.15, 0.2) is 0 Å². The van der Waals surface area contributed by atoms with E-state index in [0.29, 0.717) is 0 Å². The third kappa shape index (κ3) is 0.896. The molecule has 0 bridgehead atoms. The molecule has 4 rings (SSSR count). The van der Waals surface area contributed by atoms with E-state index >= 15 is 0 Å². The van der Waals surface area contributed by atoms with Crippen molar-refractivity contribution in [2.24, 2.45) is 0 Å².